The first-order valence-corrected chi connectivity index (χ1v) is 7.50. The molecule has 0 bridgehead atoms. The molecule has 1 aromatic rings. The highest BCUT2D eigenvalue weighted by Gasteiger charge is 2.33. The highest BCUT2D eigenvalue weighted by Crippen LogP contribution is 2.26. The predicted molar refractivity (Wildman–Crippen MR) is 79.9 cm³/mol. The summed E-state index contributed by atoms with van der Waals surface area (Å²) >= 11 is 5.74. The number of nitrogens with zero attached hydrogens (tertiary/aromatic N) is 1. The Kier molecular flexibility index (Phi) is 5.56. The van der Waals surface area contributed by atoms with Gasteiger partial charge in [-0.25, -0.2) is 4.39 Å². The van der Waals surface area contributed by atoms with Crippen molar-refractivity contribution in [2.24, 2.45) is 0 Å². The first-order chi connectivity index (χ1) is 9.99. The lowest BCUT2D eigenvalue weighted by molar-refractivity contribution is -0.139. The van der Waals surface area contributed by atoms with Gasteiger partial charge in [0.05, 0.1) is 11.6 Å². The van der Waals surface area contributed by atoms with Gasteiger partial charge in [-0.1, -0.05) is 24.6 Å². The topological polar surface area (TPSA) is 52.6 Å². The third kappa shape index (κ3) is 4.40. The zero-order valence-corrected chi connectivity index (χ0v) is 12.7. The van der Waals surface area contributed by atoms with Crippen LogP contribution < -0.4 is 5.32 Å². The Morgan fingerprint density at radius 3 is 2.81 bits per heavy atom. The standard InChI is InChI=1S/C15H20ClFN2O2/c1-2-19(9-15(20)21)12-6-11(7-12)18-8-10-3-4-14(17)13(16)5-10/h3-5,11-12,18H,2,6-9H2,1H3,(H,20,21). The van der Waals surface area contributed by atoms with E-state index in [1.165, 1.54) is 6.07 Å². The number of carboxylic acid groups (broad SMARTS) is 1. The molecule has 0 radical (unpaired) electrons. The number of hydrogen-bond donors (Lipinski definition) is 2. The SMILES string of the molecule is CCN(CC(=O)O)C1CC(NCc2ccc(F)c(Cl)c2)C1. The summed E-state index contributed by atoms with van der Waals surface area (Å²) in [6, 6.07) is 5.42. The lowest BCUT2D eigenvalue weighted by Gasteiger charge is -2.42. The summed E-state index contributed by atoms with van der Waals surface area (Å²) in [5.74, 6) is -1.19. The average molecular weight is 315 g/mol. The van der Waals surface area contributed by atoms with E-state index in [0.717, 1.165) is 24.9 Å². The number of nitrogens with one attached hydrogen (secondary N) is 1. The quantitative estimate of drug-likeness (QED) is 0.812. The van der Waals surface area contributed by atoms with Crippen LogP contribution in [0.1, 0.15) is 25.3 Å². The molecule has 0 amide bonds. The lowest BCUT2D eigenvalue weighted by atomic mass is 9.85. The molecule has 0 spiro atoms. The van der Waals surface area contributed by atoms with Crippen LogP contribution in [0, 0.1) is 5.82 Å². The van der Waals surface area contributed by atoms with E-state index in [0.29, 0.717) is 18.6 Å². The van der Waals surface area contributed by atoms with Crippen molar-refractivity contribution in [3.63, 3.8) is 0 Å². The second-order valence-electron chi connectivity index (χ2n) is 5.41. The number of carbonyl (C=O) groups is 1. The molecular weight excluding hydrogens is 295 g/mol. The number of aliphatic carboxylic acids is 1. The van der Waals surface area contributed by atoms with Crippen molar-refractivity contribution in [2.75, 3.05) is 13.1 Å². The summed E-state index contributed by atoms with van der Waals surface area (Å²) in [5, 5.41) is 12.4. The molecule has 0 unspecified atom stereocenters. The number of benzene rings is 1. The summed E-state index contributed by atoms with van der Waals surface area (Å²) < 4.78 is 13.1. The van der Waals surface area contributed by atoms with Crippen molar-refractivity contribution < 1.29 is 14.3 Å². The van der Waals surface area contributed by atoms with E-state index >= 15 is 0 Å². The van der Waals surface area contributed by atoms with Gasteiger partial charge in [-0.15, -0.1) is 0 Å². The van der Waals surface area contributed by atoms with Gasteiger partial charge in [0.1, 0.15) is 5.82 Å². The highest BCUT2D eigenvalue weighted by molar-refractivity contribution is 6.30. The Hall–Kier alpha value is -1.17. The second-order valence-corrected chi connectivity index (χ2v) is 5.82. The predicted octanol–water partition coefficient (Wildman–Crippen LogP) is 2.51. The molecule has 0 saturated heterocycles. The molecule has 0 aromatic heterocycles. The largest absolute Gasteiger partial charge is 0.480 e. The highest BCUT2D eigenvalue weighted by atomic mass is 35.5. The molecule has 4 nitrogen and oxygen atoms in total. The Balaban J connectivity index is 1.75. The maximum absolute atomic E-state index is 13.1. The van der Waals surface area contributed by atoms with Gasteiger partial charge in [0.2, 0.25) is 0 Å². The Morgan fingerprint density at radius 1 is 1.52 bits per heavy atom. The maximum atomic E-state index is 13.1. The van der Waals surface area contributed by atoms with Crippen LogP contribution in [0.15, 0.2) is 18.2 Å². The molecule has 2 N–H and O–H groups in total. The summed E-state index contributed by atoms with van der Waals surface area (Å²) in [6.45, 7) is 3.46. The average Bonchev–Trinajstić information content (AvgIpc) is 2.39. The Labute approximate surface area is 128 Å². The van der Waals surface area contributed by atoms with E-state index in [9.17, 15) is 9.18 Å². The minimum absolute atomic E-state index is 0.0987. The molecule has 6 heteroatoms. The van der Waals surface area contributed by atoms with Crippen molar-refractivity contribution in [1.82, 2.24) is 10.2 Å². The van der Waals surface area contributed by atoms with E-state index in [4.69, 9.17) is 16.7 Å². The molecule has 1 saturated carbocycles. The van der Waals surface area contributed by atoms with Crippen LogP contribution in [0.25, 0.3) is 0 Å². The summed E-state index contributed by atoms with van der Waals surface area (Å²) in [7, 11) is 0. The van der Waals surface area contributed by atoms with Gasteiger partial charge in [0.15, 0.2) is 0 Å². The van der Waals surface area contributed by atoms with E-state index in [1.54, 1.807) is 12.1 Å². The third-order valence-corrected chi connectivity index (χ3v) is 4.24. The molecule has 0 atom stereocenters. The molecular formula is C15H20ClFN2O2. The Morgan fingerprint density at radius 2 is 2.24 bits per heavy atom. The summed E-state index contributed by atoms with van der Waals surface area (Å²) in [6.07, 6.45) is 1.88. The monoisotopic (exact) mass is 314 g/mol. The lowest BCUT2D eigenvalue weighted by Crippen LogP contribution is -2.53. The fourth-order valence-electron chi connectivity index (χ4n) is 2.64. The molecule has 1 fully saturated rings. The van der Waals surface area contributed by atoms with E-state index in [1.807, 2.05) is 11.8 Å². The number of halogens is 2. The summed E-state index contributed by atoms with van der Waals surface area (Å²) in [5.41, 5.74) is 0.947. The van der Waals surface area contributed by atoms with Crippen LogP contribution in [-0.2, 0) is 11.3 Å². The number of rotatable bonds is 7. The van der Waals surface area contributed by atoms with Crippen LogP contribution in [-0.4, -0.2) is 41.1 Å². The summed E-state index contributed by atoms with van der Waals surface area (Å²) in [4.78, 5) is 12.7. The molecule has 1 aliphatic carbocycles. The van der Waals surface area contributed by atoms with Gasteiger partial charge in [0.25, 0.3) is 0 Å². The van der Waals surface area contributed by atoms with Crippen LogP contribution in [0.5, 0.6) is 0 Å². The van der Waals surface area contributed by atoms with Crippen molar-refractivity contribution in [3.05, 3.63) is 34.6 Å². The zero-order valence-electron chi connectivity index (χ0n) is 12.0. The van der Waals surface area contributed by atoms with E-state index in [-0.39, 0.29) is 11.6 Å². The smallest absolute Gasteiger partial charge is 0.317 e. The van der Waals surface area contributed by atoms with Gasteiger partial charge in [-0.2, -0.15) is 0 Å². The zero-order chi connectivity index (χ0) is 15.4. The van der Waals surface area contributed by atoms with Crippen LogP contribution in [0.4, 0.5) is 4.39 Å². The first kappa shape index (κ1) is 16.2. The fraction of sp³-hybridized carbons (Fsp3) is 0.533. The van der Waals surface area contributed by atoms with Crippen LogP contribution in [0.2, 0.25) is 5.02 Å². The molecule has 1 aliphatic rings. The number of carboxylic acids is 1. The Bertz CT molecular complexity index is 506. The first-order valence-electron chi connectivity index (χ1n) is 7.12. The molecule has 0 aliphatic heterocycles. The maximum Gasteiger partial charge on any atom is 0.317 e. The normalized spacial score (nSPS) is 21.3. The van der Waals surface area contributed by atoms with Gasteiger partial charge >= 0.3 is 5.97 Å². The fourth-order valence-corrected chi connectivity index (χ4v) is 2.84. The van der Waals surface area contributed by atoms with E-state index in [2.05, 4.69) is 5.32 Å². The van der Waals surface area contributed by atoms with Gasteiger partial charge < -0.3 is 10.4 Å². The minimum Gasteiger partial charge on any atom is -0.480 e. The van der Waals surface area contributed by atoms with Crippen molar-refractivity contribution in [3.8, 4) is 0 Å². The van der Waals surface area contributed by atoms with Gasteiger partial charge in [-0.05, 0) is 37.1 Å². The second kappa shape index (κ2) is 7.20. The van der Waals surface area contributed by atoms with Gasteiger partial charge in [-0.3, -0.25) is 9.69 Å². The molecule has 21 heavy (non-hydrogen) atoms. The molecule has 116 valence electrons. The molecule has 2 rings (SSSR count). The third-order valence-electron chi connectivity index (χ3n) is 3.95. The molecule has 1 aromatic carbocycles. The number of likely N-dealkylation sites (N-methyl/N-ethyl adjacent to an activating group) is 1. The van der Waals surface area contributed by atoms with Crippen LogP contribution >= 0.6 is 11.6 Å². The van der Waals surface area contributed by atoms with Crippen molar-refractivity contribution >= 4 is 17.6 Å². The van der Waals surface area contributed by atoms with Crippen molar-refractivity contribution in [2.45, 2.75) is 38.4 Å². The van der Waals surface area contributed by atoms with Crippen LogP contribution in [0.3, 0.4) is 0 Å². The van der Waals surface area contributed by atoms with Gasteiger partial charge in [0, 0.05) is 18.6 Å². The minimum atomic E-state index is -0.783. The van der Waals surface area contributed by atoms with E-state index < -0.39 is 11.8 Å². The van der Waals surface area contributed by atoms with Crippen molar-refractivity contribution in [1.29, 1.82) is 0 Å². The number of hydrogen-bond acceptors (Lipinski definition) is 3. The molecule has 0 heterocycles.